The maximum Gasteiger partial charge on any atom is 0.127 e. The highest BCUT2D eigenvalue weighted by atomic mass is 35.5. The number of halogens is 2. The molecule has 19 heavy (non-hydrogen) atoms. The monoisotopic (exact) mass is 285 g/mol. The predicted octanol–water partition coefficient (Wildman–Crippen LogP) is 3.57. The van der Waals surface area contributed by atoms with Gasteiger partial charge in [0.1, 0.15) is 5.82 Å². The van der Waals surface area contributed by atoms with E-state index in [1.807, 2.05) is 0 Å². The topological polar surface area (TPSA) is 21.3 Å². The minimum Gasteiger partial charge on any atom is -0.378 e. The Morgan fingerprint density at radius 1 is 1.53 bits per heavy atom. The van der Waals surface area contributed by atoms with Gasteiger partial charge >= 0.3 is 0 Å². The number of hydrogen-bond donors (Lipinski definition) is 1. The molecule has 2 atom stereocenters. The molecule has 2 nitrogen and oxygen atoms in total. The molecule has 1 aliphatic rings. The van der Waals surface area contributed by atoms with Crippen molar-refractivity contribution in [3.63, 3.8) is 0 Å². The summed E-state index contributed by atoms with van der Waals surface area (Å²) in [6, 6.07) is 5.07. The zero-order valence-corrected chi connectivity index (χ0v) is 12.0. The molecule has 0 aromatic heterocycles. The van der Waals surface area contributed by atoms with Gasteiger partial charge < -0.3 is 10.1 Å². The lowest BCUT2D eigenvalue weighted by Gasteiger charge is -2.22. The third-order valence-corrected chi connectivity index (χ3v) is 3.93. The fourth-order valence-corrected chi connectivity index (χ4v) is 2.89. The molecule has 1 aromatic rings. The summed E-state index contributed by atoms with van der Waals surface area (Å²) in [6.07, 6.45) is 4.06. The molecule has 0 radical (unpaired) electrons. The number of likely N-dealkylation sites (N-methyl/N-ethyl adjacent to an activating group) is 1. The van der Waals surface area contributed by atoms with Gasteiger partial charge in [0.25, 0.3) is 0 Å². The van der Waals surface area contributed by atoms with Crippen molar-refractivity contribution in [2.75, 3.05) is 13.2 Å². The van der Waals surface area contributed by atoms with Gasteiger partial charge in [-0.05, 0) is 44.4 Å². The van der Waals surface area contributed by atoms with Crippen LogP contribution in [-0.2, 0) is 11.2 Å². The zero-order valence-electron chi connectivity index (χ0n) is 11.3. The molecule has 0 spiro atoms. The maximum absolute atomic E-state index is 13.8. The lowest BCUT2D eigenvalue weighted by Crippen LogP contribution is -2.34. The van der Waals surface area contributed by atoms with E-state index < -0.39 is 0 Å². The van der Waals surface area contributed by atoms with E-state index in [9.17, 15) is 4.39 Å². The first-order chi connectivity index (χ1) is 9.20. The second-order valence-electron chi connectivity index (χ2n) is 5.03. The lowest BCUT2D eigenvalue weighted by molar-refractivity contribution is 0.0947. The van der Waals surface area contributed by atoms with Crippen molar-refractivity contribution in [2.45, 2.75) is 44.8 Å². The lowest BCUT2D eigenvalue weighted by atomic mass is 9.99. The van der Waals surface area contributed by atoms with Gasteiger partial charge in [-0.25, -0.2) is 4.39 Å². The van der Waals surface area contributed by atoms with Crippen LogP contribution in [0.2, 0.25) is 5.02 Å². The predicted molar refractivity (Wildman–Crippen MR) is 76.2 cm³/mol. The molecule has 106 valence electrons. The van der Waals surface area contributed by atoms with Gasteiger partial charge in [0, 0.05) is 23.2 Å². The van der Waals surface area contributed by atoms with Crippen molar-refractivity contribution in [3.8, 4) is 0 Å². The molecule has 1 saturated heterocycles. The number of ether oxygens (including phenoxy) is 1. The molecule has 0 amide bonds. The Kier molecular flexibility index (Phi) is 5.61. The molecule has 1 heterocycles. The molecule has 1 fully saturated rings. The van der Waals surface area contributed by atoms with Gasteiger partial charge in [0.05, 0.1) is 6.10 Å². The molecule has 4 heteroatoms. The summed E-state index contributed by atoms with van der Waals surface area (Å²) in [4.78, 5) is 0. The second-order valence-corrected chi connectivity index (χ2v) is 5.44. The summed E-state index contributed by atoms with van der Waals surface area (Å²) in [5, 5.41) is 3.92. The second kappa shape index (κ2) is 7.22. The molecular formula is C15H21ClFNO. The van der Waals surface area contributed by atoms with Crippen molar-refractivity contribution in [2.24, 2.45) is 0 Å². The molecular weight excluding hydrogens is 265 g/mol. The van der Waals surface area contributed by atoms with E-state index in [0.29, 0.717) is 23.1 Å². The Morgan fingerprint density at radius 3 is 3.00 bits per heavy atom. The summed E-state index contributed by atoms with van der Waals surface area (Å²) < 4.78 is 19.5. The molecule has 0 saturated carbocycles. The molecule has 1 aromatic carbocycles. The molecule has 1 aliphatic heterocycles. The van der Waals surface area contributed by atoms with Crippen molar-refractivity contribution in [1.29, 1.82) is 0 Å². The standard InChI is InChI=1S/C15H21ClFNO/c1-2-18-11(9-12-5-4-8-19-12)10-13-14(16)6-3-7-15(13)17/h3,6-7,11-12,18H,2,4-5,8-10H2,1H3. The summed E-state index contributed by atoms with van der Waals surface area (Å²) >= 11 is 6.09. The van der Waals surface area contributed by atoms with Gasteiger partial charge in [-0.1, -0.05) is 24.6 Å². The van der Waals surface area contributed by atoms with E-state index in [1.165, 1.54) is 6.07 Å². The Morgan fingerprint density at radius 2 is 2.37 bits per heavy atom. The van der Waals surface area contributed by atoms with E-state index in [4.69, 9.17) is 16.3 Å². The molecule has 2 unspecified atom stereocenters. The van der Waals surface area contributed by atoms with Crippen LogP contribution in [0, 0.1) is 5.82 Å². The molecule has 1 N–H and O–H groups in total. The molecule has 0 bridgehead atoms. The van der Waals surface area contributed by atoms with E-state index in [1.54, 1.807) is 12.1 Å². The van der Waals surface area contributed by atoms with E-state index in [0.717, 1.165) is 32.4 Å². The van der Waals surface area contributed by atoms with Crippen LogP contribution >= 0.6 is 11.6 Å². The Bertz CT molecular complexity index is 387. The van der Waals surface area contributed by atoms with Crippen LogP contribution in [0.1, 0.15) is 31.7 Å². The van der Waals surface area contributed by atoms with Gasteiger partial charge in [0.15, 0.2) is 0 Å². The average Bonchev–Trinajstić information content (AvgIpc) is 2.87. The Balaban J connectivity index is 2.02. The van der Waals surface area contributed by atoms with Crippen LogP contribution in [0.4, 0.5) is 4.39 Å². The van der Waals surface area contributed by atoms with Gasteiger partial charge in [0.2, 0.25) is 0 Å². The summed E-state index contributed by atoms with van der Waals surface area (Å²) in [5.74, 6) is -0.220. The van der Waals surface area contributed by atoms with Crippen LogP contribution in [0.25, 0.3) is 0 Å². The first kappa shape index (κ1) is 14.8. The van der Waals surface area contributed by atoms with Crippen molar-refractivity contribution in [3.05, 3.63) is 34.6 Å². The average molecular weight is 286 g/mol. The Hall–Kier alpha value is -0.640. The molecule has 0 aliphatic carbocycles. The van der Waals surface area contributed by atoms with Crippen molar-refractivity contribution < 1.29 is 9.13 Å². The summed E-state index contributed by atoms with van der Waals surface area (Å²) in [5.41, 5.74) is 0.605. The summed E-state index contributed by atoms with van der Waals surface area (Å²) in [7, 11) is 0. The number of benzene rings is 1. The highest BCUT2D eigenvalue weighted by molar-refractivity contribution is 6.31. The van der Waals surface area contributed by atoms with E-state index >= 15 is 0 Å². The Labute approximate surface area is 119 Å². The number of hydrogen-bond acceptors (Lipinski definition) is 2. The maximum atomic E-state index is 13.8. The normalized spacial score (nSPS) is 20.7. The largest absolute Gasteiger partial charge is 0.378 e. The van der Waals surface area contributed by atoms with Crippen LogP contribution in [-0.4, -0.2) is 25.3 Å². The minimum absolute atomic E-state index is 0.211. The zero-order chi connectivity index (χ0) is 13.7. The van der Waals surface area contributed by atoms with Crippen LogP contribution < -0.4 is 5.32 Å². The third-order valence-electron chi connectivity index (χ3n) is 3.58. The number of rotatable bonds is 6. The third kappa shape index (κ3) is 4.16. The number of nitrogens with one attached hydrogen (secondary N) is 1. The van der Waals surface area contributed by atoms with E-state index in [2.05, 4.69) is 12.2 Å². The summed E-state index contributed by atoms with van der Waals surface area (Å²) in [6.45, 7) is 3.78. The van der Waals surface area contributed by atoms with Crippen LogP contribution in [0.3, 0.4) is 0 Å². The molecule has 2 rings (SSSR count). The van der Waals surface area contributed by atoms with Crippen LogP contribution in [0.15, 0.2) is 18.2 Å². The van der Waals surface area contributed by atoms with Gasteiger partial charge in [-0.2, -0.15) is 0 Å². The van der Waals surface area contributed by atoms with Crippen molar-refractivity contribution >= 4 is 11.6 Å². The van der Waals surface area contributed by atoms with E-state index in [-0.39, 0.29) is 11.9 Å². The smallest absolute Gasteiger partial charge is 0.127 e. The van der Waals surface area contributed by atoms with Gasteiger partial charge in [-0.3, -0.25) is 0 Å². The minimum atomic E-state index is -0.220. The first-order valence-electron chi connectivity index (χ1n) is 6.98. The SMILES string of the molecule is CCNC(Cc1c(F)cccc1Cl)CC1CCCO1. The van der Waals surface area contributed by atoms with Crippen LogP contribution in [0.5, 0.6) is 0 Å². The van der Waals surface area contributed by atoms with Gasteiger partial charge in [-0.15, -0.1) is 0 Å². The fourth-order valence-electron chi connectivity index (χ4n) is 2.65. The highest BCUT2D eigenvalue weighted by Gasteiger charge is 2.22. The fraction of sp³-hybridized carbons (Fsp3) is 0.600. The highest BCUT2D eigenvalue weighted by Crippen LogP contribution is 2.24. The first-order valence-corrected chi connectivity index (χ1v) is 7.36. The van der Waals surface area contributed by atoms with Crippen molar-refractivity contribution in [1.82, 2.24) is 5.32 Å². The quantitative estimate of drug-likeness (QED) is 0.863.